The van der Waals surface area contributed by atoms with E-state index in [9.17, 15) is 18.0 Å². The number of sulfonamides is 1. The molecule has 0 atom stereocenters. The molecule has 20 heavy (non-hydrogen) atoms. The summed E-state index contributed by atoms with van der Waals surface area (Å²) in [7, 11) is -2.78. The summed E-state index contributed by atoms with van der Waals surface area (Å²) in [6.07, 6.45) is 0. The molecule has 0 aliphatic heterocycles. The number of anilines is 1. The van der Waals surface area contributed by atoms with Gasteiger partial charge >= 0.3 is 5.97 Å². The number of amides is 1. The standard InChI is InChI=1S/C11H14N2O6S/c1-7(14)13-8-3-4-9(19-2)10(5-8)20(17,18)12-6-11(15)16/h3-5,12H,6H2,1-2H3,(H,13,14)(H,15,16). The highest BCUT2D eigenvalue weighted by atomic mass is 32.2. The zero-order valence-corrected chi connectivity index (χ0v) is 11.7. The fourth-order valence-electron chi connectivity index (χ4n) is 1.40. The van der Waals surface area contributed by atoms with Crippen molar-refractivity contribution in [1.29, 1.82) is 0 Å². The van der Waals surface area contributed by atoms with Crippen LogP contribution in [0.4, 0.5) is 5.69 Å². The van der Waals surface area contributed by atoms with Gasteiger partial charge in [-0.3, -0.25) is 9.59 Å². The zero-order valence-electron chi connectivity index (χ0n) is 10.8. The number of nitrogens with one attached hydrogen (secondary N) is 2. The molecule has 0 spiro atoms. The van der Waals surface area contributed by atoms with Gasteiger partial charge in [-0.25, -0.2) is 8.42 Å². The largest absolute Gasteiger partial charge is 0.495 e. The Morgan fingerprint density at radius 3 is 2.50 bits per heavy atom. The maximum absolute atomic E-state index is 12.0. The van der Waals surface area contributed by atoms with Gasteiger partial charge in [0, 0.05) is 12.6 Å². The monoisotopic (exact) mass is 302 g/mol. The van der Waals surface area contributed by atoms with Gasteiger partial charge in [-0.1, -0.05) is 0 Å². The number of rotatable bonds is 6. The third-order valence-corrected chi connectivity index (χ3v) is 3.61. The van der Waals surface area contributed by atoms with E-state index in [0.717, 1.165) is 0 Å². The van der Waals surface area contributed by atoms with Gasteiger partial charge in [-0.05, 0) is 18.2 Å². The molecular formula is C11H14N2O6S. The summed E-state index contributed by atoms with van der Waals surface area (Å²) >= 11 is 0. The molecule has 0 fully saturated rings. The second kappa shape index (κ2) is 6.35. The van der Waals surface area contributed by atoms with Crippen molar-refractivity contribution in [3.63, 3.8) is 0 Å². The first kappa shape index (κ1) is 15.9. The Labute approximate surface area is 115 Å². The number of methoxy groups -OCH3 is 1. The molecule has 0 unspecified atom stereocenters. The van der Waals surface area contributed by atoms with E-state index in [1.165, 1.54) is 32.2 Å². The van der Waals surface area contributed by atoms with Crippen LogP contribution < -0.4 is 14.8 Å². The Morgan fingerprint density at radius 1 is 1.35 bits per heavy atom. The summed E-state index contributed by atoms with van der Waals surface area (Å²) in [6.45, 7) is 0.525. The van der Waals surface area contributed by atoms with Crippen molar-refractivity contribution in [2.75, 3.05) is 19.0 Å². The van der Waals surface area contributed by atoms with Crippen LogP contribution in [0.2, 0.25) is 0 Å². The lowest BCUT2D eigenvalue weighted by molar-refractivity contribution is -0.135. The zero-order chi connectivity index (χ0) is 15.3. The van der Waals surface area contributed by atoms with E-state index >= 15 is 0 Å². The lowest BCUT2D eigenvalue weighted by atomic mass is 10.3. The molecule has 8 nitrogen and oxygen atoms in total. The Bertz CT molecular complexity index is 626. The fourth-order valence-corrected chi connectivity index (χ4v) is 2.57. The highest BCUT2D eigenvalue weighted by molar-refractivity contribution is 7.89. The topological polar surface area (TPSA) is 122 Å². The van der Waals surface area contributed by atoms with Gasteiger partial charge in [0.25, 0.3) is 0 Å². The number of hydrogen-bond donors (Lipinski definition) is 3. The van der Waals surface area contributed by atoms with Crippen LogP contribution in [0.1, 0.15) is 6.92 Å². The molecule has 110 valence electrons. The first-order valence-corrected chi connectivity index (χ1v) is 6.91. The molecular weight excluding hydrogens is 288 g/mol. The Balaban J connectivity index is 3.18. The Kier molecular flexibility index (Phi) is 5.06. The molecule has 1 aromatic carbocycles. The van der Waals surface area contributed by atoms with E-state index in [1.54, 1.807) is 0 Å². The highest BCUT2D eigenvalue weighted by Crippen LogP contribution is 2.26. The number of carboxylic acid groups (broad SMARTS) is 1. The fraction of sp³-hybridized carbons (Fsp3) is 0.273. The third-order valence-electron chi connectivity index (χ3n) is 2.19. The second-order valence-corrected chi connectivity index (χ2v) is 5.50. The average Bonchev–Trinajstić information content (AvgIpc) is 2.36. The van der Waals surface area contributed by atoms with E-state index in [-0.39, 0.29) is 22.2 Å². The van der Waals surface area contributed by atoms with E-state index in [2.05, 4.69) is 5.32 Å². The summed E-state index contributed by atoms with van der Waals surface area (Å²) < 4.78 is 30.8. The maximum atomic E-state index is 12.0. The van der Waals surface area contributed by atoms with Gasteiger partial charge < -0.3 is 15.2 Å². The van der Waals surface area contributed by atoms with Gasteiger partial charge in [0.1, 0.15) is 17.2 Å². The van der Waals surface area contributed by atoms with Crippen LogP contribution in [-0.2, 0) is 19.6 Å². The number of benzene rings is 1. The van der Waals surface area contributed by atoms with E-state index < -0.39 is 22.5 Å². The SMILES string of the molecule is COc1ccc(NC(C)=O)cc1S(=O)(=O)NCC(=O)O. The molecule has 0 aromatic heterocycles. The Morgan fingerprint density at radius 2 is 2.00 bits per heavy atom. The van der Waals surface area contributed by atoms with Crippen molar-refractivity contribution >= 4 is 27.6 Å². The molecule has 0 aliphatic carbocycles. The van der Waals surface area contributed by atoms with Crippen LogP contribution in [0.25, 0.3) is 0 Å². The minimum absolute atomic E-state index is 0.0389. The minimum atomic E-state index is -4.06. The van der Waals surface area contributed by atoms with Gasteiger partial charge in [0.05, 0.1) is 7.11 Å². The normalized spacial score (nSPS) is 10.9. The number of ether oxygens (including phenoxy) is 1. The molecule has 0 saturated carbocycles. The smallest absolute Gasteiger partial charge is 0.318 e. The molecule has 1 amide bonds. The maximum Gasteiger partial charge on any atom is 0.318 e. The minimum Gasteiger partial charge on any atom is -0.495 e. The quantitative estimate of drug-likeness (QED) is 0.681. The third kappa shape index (κ3) is 4.21. The molecule has 0 bridgehead atoms. The molecule has 9 heteroatoms. The number of aliphatic carboxylic acids is 1. The van der Waals surface area contributed by atoms with Crippen LogP contribution in [-0.4, -0.2) is 39.1 Å². The first-order valence-electron chi connectivity index (χ1n) is 5.43. The van der Waals surface area contributed by atoms with Gasteiger partial charge in [0.15, 0.2) is 0 Å². The lowest BCUT2D eigenvalue weighted by Crippen LogP contribution is -2.29. The van der Waals surface area contributed by atoms with Crippen molar-refractivity contribution in [1.82, 2.24) is 4.72 Å². The van der Waals surface area contributed by atoms with Crippen molar-refractivity contribution < 1.29 is 27.9 Å². The predicted molar refractivity (Wildman–Crippen MR) is 70.1 cm³/mol. The lowest BCUT2D eigenvalue weighted by Gasteiger charge is -2.11. The predicted octanol–water partition coefficient (Wildman–Crippen LogP) is 0.0165. The first-order chi connectivity index (χ1) is 9.26. The van der Waals surface area contributed by atoms with Crippen LogP contribution >= 0.6 is 0 Å². The summed E-state index contributed by atoms with van der Waals surface area (Å²) in [5, 5.41) is 10.9. The van der Waals surface area contributed by atoms with Gasteiger partial charge in [0.2, 0.25) is 15.9 Å². The number of carbonyl (C=O) groups is 2. The average molecular weight is 302 g/mol. The summed E-state index contributed by atoms with van der Waals surface area (Å²) in [5.41, 5.74) is 0.258. The van der Waals surface area contributed by atoms with Crippen molar-refractivity contribution in [2.24, 2.45) is 0 Å². The molecule has 0 aliphatic rings. The van der Waals surface area contributed by atoms with E-state index in [1.807, 2.05) is 4.72 Å². The van der Waals surface area contributed by atoms with Crippen LogP contribution in [0.3, 0.4) is 0 Å². The van der Waals surface area contributed by atoms with Crippen molar-refractivity contribution in [3.05, 3.63) is 18.2 Å². The molecule has 0 saturated heterocycles. The van der Waals surface area contributed by atoms with E-state index in [0.29, 0.717) is 0 Å². The highest BCUT2D eigenvalue weighted by Gasteiger charge is 2.21. The Hall–Kier alpha value is -2.13. The molecule has 0 heterocycles. The molecule has 1 rings (SSSR count). The second-order valence-electron chi connectivity index (χ2n) is 3.77. The van der Waals surface area contributed by atoms with Crippen LogP contribution in [0.15, 0.2) is 23.1 Å². The molecule has 1 aromatic rings. The summed E-state index contributed by atoms with van der Waals surface area (Å²) in [5.74, 6) is -1.64. The van der Waals surface area contributed by atoms with Crippen LogP contribution in [0.5, 0.6) is 5.75 Å². The molecule has 3 N–H and O–H groups in total. The number of carbonyl (C=O) groups excluding carboxylic acids is 1. The molecule has 0 radical (unpaired) electrons. The summed E-state index contributed by atoms with van der Waals surface area (Å²) in [4.78, 5) is 21.1. The van der Waals surface area contributed by atoms with Gasteiger partial charge in [-0.2, -0.15) is 4.72 Å². The van der Waals surface area contributed by atoms with E-state index in [4.69, 9.17) is 9.84 Å². The number of hydrogen-bond acceptors (Lipinski definition) is 5. The number of carboxylic acids is 1. The van der Waals surface area contributed by atoms with Crippen molar-refractivity contribution in [3.8, 4) is 5.75 Å². The van der Waals surface area contributed by atoms with Gasteiger partial charge in [-0.15, -0.1) is 0 Å². The van der Waals surface area contributed by atoms with Crippen molar-refractivity contribution in [2.45, 2.75) is 11.8 Å². The van der Waals surface area contributed by atoms with Crippen LogP contribution in [0, 0.1) is 0 Å². The summed E-state index contributed by atoms with van der Waals surface area (Å²) in [6, 6.07) is 4.02.